The fraction of sp³-hybridized carbons (Fsp3) is 0.750. The van der Waals surface area contributed by atoms with Crippen LogP contribution in [0.2, 0.25) is 17.1 Å². The molecular formula is C32H52O4Si. The highest BCUT2D eigenvalue weighted by Crippen LogP contribution is 2.59. The first-order chi connectivity index (χ1) is 17.4. The van der Waals surface area contributed by atoms with Crippen molar-refractivity contribution in [3.63, 3.8) is 0 Å². The van der Waals surface area contributed by atoms with Crippen molar-refractivity contribution in [1.82, 2.24) is 0 Å². The van der Waals surface area contributed by atoms with Crippen molar-refractivity contribution >= 4 is 13.3 Å². The minimum Gasteiger partial charge on any atom is -0.347 e. The van der Waals surface area contributed by atoms with Crippen molar-refractivity contribution in [3.8, 4) is 0 Å². The summed E-state index contributed by atoms with van der Waals surface area (Å²) in [4.78, 5) is 0. The van der Waals surface area contributed by atoms with Gasteiger partial charge in [0.2, 0.25) is 0 Å². The molecule has 1 aliphatic carbocycles. The highest BCUT2D eigenvalue weighted by molar-refractivity contribution is 6.94. The average molecular weight is 529 g/mol. The number of hydrogen-bond acceptors (Lipinski definition) is 4. The SMILES string of the molecule is CC(C)[Si](C/C=C/CCC1(C)C2(CCCC13OCCO3)OCCO2)(c1ccc(C(C)(C)C)cc1)C(C)C. The summed E-state index contributed by atoms with van der Waals surface area (Å²) in [6, 6.07) is 10.8. The molecule has 1 saturated carbocycles. The quantitative estimate of drug-likeness (QED) is 0.259. The van der Waals surface area contributed by atoms with Gasteiger partial charge in [-0.2, -0.15) is 0 Å². The average Bonchev–Trinajstić information content (AvgIpc) is 3.51. The summed E-state index contributed by atoms with van der Waals surface area (Å²) in [6.07, 6.45) is 9.66. The molecule has 37 heavy (non-hydrogen) atoms. The largest absolute Gasteiger partial charge is 0.347 e. The molecule has 3 aliphatic rings. The van der Waals surface area contributed by atoms with Crippen LogP contribution in [0.5, 0.6) is 0 Å². The Morgan fingerprint density at radius 2 is 1.30 bits per heavy atom. The lowest BCUT2D eigenvalue weighted by molar-refractivity contribution is -0.363. The Kier molecular flexibility index (Phi) is 8.53. The smallest absolute Gasteiger partial charge is 0.178 e. The Bertz CT molecular complexity index is 883. The zero-order valence-corrected chi connectivity index (χ0v) is 25.8. The van der Waals surface area contributed by atoms with Crippen LogP contribution < -0.4 is 5.19 Å². The molecule has 0 radical (unpaired) electrons. The third-order valence-corrected chi connectivity index (χ3v) is 16.4. The molecular weight excluding hydrogens is 476 g/mol. The van der Waals surface area contributed by atoms with Crippen LogP contribution in [0, 0.1) is 5.41 Å². The molecule has 208 valence electrons. The number of hydrogen-bond donors (Lipinski definition) is 0. The molecule has 4 rings (SSSR count). The fourth-order valence-corrected chi connectivity index (χ4v) is 12.8. The fourth-order valence-electron chi connectivity index (χ4n) is 7.58. The number of rotatable bonds is 8. The van der Waals surface area contributed by atoms with Crippen molar-refractivity contribution in [1.29, 1.82) is 0 Å². The van der Waals surface area contributed by atoms with Gasteiger partial charge in [0, 0.05) is 12.8 Å². The van der Waals surface area contributed by atoms with Crippen molar-refractivity contribution in [2.24, 2.45) is 5.41 Å². The maximum atomic E-state index is 6.35. The van der Waals surface area contributed by atoms with Gasteiger partial charge in [-0.1, -0.05) is 90.1 Å². The molecule has 2 saturated heterocycles. The first kappa shape index (κ1) is 29.0. The standard InChI is InChI=1S/C32H52O4Si/c1-25(2)37(26(3)4,28-15-13-27(14-16-28)29(5,6)7)24-11-9-10-17-30(8)31(33-20-21-34-31)18-12-19-32(30)35-22-23-36-32/h9,11,13-16,25-26H,10,12,17-24H2,1-8H3/b11-9+. The second kappa shape index (κ2) is 10.9. The molecule has 1 aromatic carbocycles. The van der Waals surface area contributed by atoms with Crippen LogP contribution in [0.1, 0.15) is 93.1 Å². The molecule has 3 fully saturated rings. The van der Waals surface area contributed by atoms with Crippen LogP contribution in [-0.4, -0.2) is 46.1 Å². The van der Waals surface area contributed by atoms with Crippen LogP contribution >= 0.6 is 0 Å². The summed E-state index contributed by atoms with van der Waals surface area (Å²) in [5.74, 6) is -1.18. The van der Waals surface area contributed by atoms with E-state index in [9.17, 15) is 0 Å². The topological polar surface area (TPSA) is 36.9 Å². The second-order valence-electron chi connectivity index (χ2n) is 13.5. The van der Waals surface area contributed by atoms with E-state index in [1.807, 2.05) is 0 Å². The van der Waals surface area contributed by atoms with Gasteiger partial charge in [0.1, 0.15) is 0 Å². The first-order valence-electron chi connectivity index (χ1n) is 14.7. The normalized spacial score (nSPS) is 23.3. The van der Waals surface area contributed by atoms with E-state index in [2.05, 4.69) is 91.8 Å². The van der Waals surface area contributed by atoms with E-state index in [1.165, 1.54) is 11.6 Å². The summed E-state index contributed by atoms with van der Waals surface area (Å²) >= 11 is 0. The summed E-state index contributed by atoms with van der Waals surface area (Å²) in [5, 5.41) is 1.59. The van der Waals surface area contributed by atoms with Gasteiger partial charge < -0.3 is 18.9 Å². The molecule has 2 heterocycles. The molecule has 0 aromatic heterocycles. The Balaban J connectivity index is 1.52. The van der Waals surface area contributed by atoms with Crippen LogP contribution in [0.4, 0.5) is 0 Å². The zero-order chi connectivity index (χ0) is 27.0. The summed E-state index contributed by atoms with van der Waals surface area (Å²) in [5.41, 5.74) is 2.60. The Labute approximate surface area is 227 Å². The lowest BCUT2D eigenvalue weighted by atomic mass is 9.63. The van der Waals surface area contributed by atoms with Crippen LogP contribution in [-0.2, 0) is 24.4 Å². The number of allylic oxidation sites excluding steroid dienone is 2. The Morgan fingerprint density at radius 3 is 1.73 bits per heavy atom. The summed E-state index contributed by atoms with van der Waals surface area (Å²) in [6.45, 7) is 21.6. The van der Waals surface area contributed by atoms with Crippen LogP contribution in [0.25, 0.3) is 0 Å². The van der Waals surface area contributed by atoms with Gasteiger partial charge in [0.25, 0.3) is 0 Å². The van der Waals surface area contributed by atoms with E-state index in [0.29, 0.717) is 37.5 Å². The minimum absolute atomic E-state index is 0.182. The zero-order valence-electron chi connectivity index (χ0n) is 24.8. The van der Waals surface area contributed by atoms with Crippen LogP contribution in [0.3, 0.4) is 0 Å². The number of benzene rings is 1. The van der Waals surface area contributed by atoms with E-state index >= 15 is 0 Å². The summed E-state index contributed by atoms with van der Waals surface area (Å²) < 4.78 is 25.4. The third kappa shape index (κ3) is 5.04. The second-order valence-corrected chi connectivity index (χ2v) is 18.9. The molecule has 0 N–H and O–H groups in total. The molecule has 0 amide bonds. The molecule has 4 nitrogen and oxygen atoms in total. The van der Waals surface area contributed by atoms with Crippen LogP contribution in [0.15, 0.2) is 36.4 Å². The predicted octanol–water partition coefficient (Wildman–Crippen LogP) is 7.47. The highest BCUT2D eigenvalue weighted by atomic mass is 28.3. The number of ether oxygens (including phenoxy) is 4. The molecule has 5 heteroatoms. The maximum Gasteiger partial charge on any atom is 0.178 e. The first-order valence-corrected chi connectivity index (χ1v) is 17.1. The lowest BCUT2D eigenvalue weighted by Gasteiger charge is -2.56. The van der Waals surface area contributed by atoms with Gasteiger partial charge in [0.15, 0.2) is 11.6 Å². The molecule has 1 aromatic rings. The van der Waals surface area contributed by atoms with Crippen molar-refractivity contribution in [2.75, 3.05) is 26.4 Å². The minimum atomic E-state index is -1.77. The molecule has 0 unspecified atom stereocenters. The van der Waals surface area contributed by atoms with E-state index in [1.54, 1.807) is 5.19 Å². The maximum absolute atomic E-state index is 6.35. The van der Waals surface area contributed by atoms with Gasteiger partial charge >= 0.3 is 0 Å². The van der Waals surface area contributed by atoms with E-state index < -0.39 is 19.6 Å². The lowest BCUT2D eigenvalue weighted by Crippen LogP contribution is -2.64. The summed E-state index contributed by atoms with van der Waals surface area (Å²) in [7, 11) is -1.77. The van der Waals surface area contributed by atoms with Crippen molar-refractivity contribution < 1.29 is 18.9 Å². The van der Waals surface area contributed by atoms with Gasteiger partial charge in [-0.25, -0.2) is 0 Å². The van der Waals surface area contributed by atoms with Gasteiger partial charge in [-0.3, -0.25) is 0 Å². The monoisotopic (exact) mass is 528 g/mol. The van der Waals surface area contributed by atoms with E-state index in [-0.39, 0.29) is 10.8 Å². The van der Waals surface area contributed by atoms with Gasteiger partial charge in [0.05, 0.1) is 39.9 Å². The molecule has 0 bridgehead atoms. The van der Waals surface area contributed by atoms with Gasteiger partial charge in [-0.05, 0) is 54.3 Å². The molecule has 2 spiro atoms. The molecule has 0 atom stereocenters. The van der Waals surface area contributed by atoms with Crippen molar-refractivity contribution in [3.05, 3.63) is 42.0 Å². The Hall–Kier alpha value is -0.983. The molecule has 2 aliphatic heterocycles. The Morgan fingerprint density at radius 1 is 0.811 bits per heavy atom. The van der Waals surface area contributed by atoms with Crippen molar-refractivity contribution in [2.45, 2.75) is 122 Å². The van der Waals surface area contributed by atoms with E-state index in [4.69, 9.17) is 18.9 Å². The predicted molar refractivity (Wildman–Crippen MR) is 155 cm³/mol. The third-order valence-electron chi connectivity index (χ3n) is 9.98. The highest BCUT2D eigenvalue weighted by Gasteiger charge is 2.67. The van der Waals surface area contributed by atoms with E-state index in [0.717, 1.165) is 32.1 Å². The van der Waals surface area contributed by atoms with Gasteiger partial charge in [-0.15, -0.1) is 0 Å².